The maximum atomic E-state index is 9.18. The van der Waals surface area contributed by atoms with Crippen LogP contribution in [0.3, 0.4) is 0 Å². The second kappa shape index (κ2) is 4.33. The summed E-state index contributed by atoms with van der Waals surface area (Å²) in [7, 11) is 0. The summed E-state index contributed by atoms with van der Waals surface area (Å²) in [5, 5.41) is 20.7. The van der Waals surface area contributed by atoms with Gasteiger partial charge in [0.1, 0.15) is 0 Å². The van der Waals surface area contributed by atoms with Gasteiger partial charge in [0.15, 0.2) is 11.0 Å². The molecule has 0 spiro atoms. The van der Waals surface area contributed by atoms with Gasteiger partial charge in [-0.2, -0.15) is 0 Å². The van der Waals surface area contributed by atoms with Crippen LogP contribution in [-0.2, 0) is 12.8 Å². The Labute approximate surface area is 93.7 Å². The van der Waals surface area contributed by atoms with Crippen molar-refractivity contribution in [2.24, 2.45) is 0 Å². The second-order valence-electron chi connectivity index (χ2n) is 3.88. The molecule has 0 unspecified atom stereocenters. The van der Waals surface area contributed by atoms with Gasteiger partial charge in [-0.3, -0.25) is 0 Å². The van der Waals surface area contributed by atoms with E-state index in [1.54, 1.807) is 6.92 Å². The largest absolute Gasteiger partial charge is 0.392 e. The van der Waals surface area contributed by atoms with Crippen molar-refractivity contribution in [2.75, 3.05) is 11.9 Å². The first-order valence-electron chi connectivity index (χ1n) is 5.14. The van der Waals surface area contributed by atoms with Crippen LogP contribution in [0.25, 0.3) is 0 Å². The average molecular weight is 228 g/mol. The highest BCUT2D eigenvalue weighted by Gasteiger charge is 2.20. The van der Waals surface area contributed by atoms with Crippen LogP contribution in [-0.4, -0.2) is 28.0 Å². The van der Waals surface area contributed by atoms with Crippen molar-refractivity contribution in [2.45, 2.75) is 32.3 Å². The zero-order chi connectivity index (χ0) is 10.8. The Morgan fingerprint density at radius 2 is 2.13 bits per heavy atom. The van der Waals surface area contributed by atoms with Gasteiger partial charge in [0, 0.05) is 12.1 Å². The Hall–Kier alpha value is -0.870. The first-order valence-corrected chi connectivity index (χ1v) is 5.52. The van der Waals surface area contributed by atoms with Gasteiger partial charge in [-0.15, -0.1) is 10.2 Å². The van der Waals surface area contributed by atoms with Gasteiger partial charge in [-0.25, -0.2) is 0 Å². The van der Waals surface area contributed by atoms with Gasteiger partial charge in [0.25, 0.3) is 0 Å². The molecule has 0 radical (unpaired) electrons. The molecule has 1 aliphatic rings. The highest BCUT2D eigenvalue weighted by Crippen LogP contribution is 2.30. The fourth-order valence-corrected chi connectivity index (χ4v) is 2.08. The van der Waals surface area contributed by atoms with E-state index in [2.05, 4.69) is 15.5 Å². The van der Waals surface area contributed by atoms with E-state index in [9.17, 15) is 5.11 Å². The van der Waals surface area contributed by atoms with Crippen LogP contribution < -0.4 is 5.32 Å². The molecule has 0 fully saturated rings. The SMILES string of the molecule is C[C@@H](O)CNc1nnc(Cl)c2c1CCC2. The quantitative estimate of drug-likeness (QED) is 0.820. The number of anilines is 1. The van der Waals surface area contributed by atoms with Gasteiger partial charge in [-0.1, -0.05) is 11.6 Å². The predicted molar refractivity (Wildman–Crippen MR) is 59.2 cm³/mol. The Bertz CT molecular complexity index is 368. The number of aromatic nitrogens is 2. The number of aliphatic hydroxyl groups excluding tert-OH is 1. The van der Waals surface area contributed by atoms with Crippen LogP contribution in [0.4, 0.5) is 5.82 Å². The third-order valence-corrected chi connectivity index (χ3v) is 2.86. The van der Waals surface area contributed by atoms with Crippen LogP contribution in [0.5, 0.6) is 0 Å². The minimum Gasteiger partial charge on any atom is -0.392 e. The standard InChI is InChI=1S/C10H14ClN3O/c1-6(15)5-12-10-8-4-2-3-7(8)9(11)13-14-10/h6,15H,2-5H2,1H3,(H,12,14)/t6-/m1/s1. The lowest BCUT2D eigenvalue weighted by molar-refractivity contribution is 0.208. The van der Waals surface area contributed by atoms with Gasteiger partial charge < -0.3 is 10.4 Å². The molecule has 82 valence electrons. The molecule has 1 aromatic rings. The number of hydrogen-bond acceptors (Lipinski definition) is 4. The van der Waals surface area contributed by atoms with Gasteiger partial charge in [0.05, 0.1) is 6.10 Å². The summed E-state index contributed by atoms with van der Waals surface area (Å²) in [6.45, 7) is 2.22. The Balaban J connectivity index is 2.22. The first kappa shape index (κ1) is 10.6. The Morgan fingerprint density at radius 3 is 2.87 bits per heavy atom. The molecular weight excluding hydrogens is 214 g/mol. The number of nitrogens with one attached hydrogen (secondary N) is 1. The number of rotatable bonds is 3. The van der Waals surface area contributed by atoms with Gasteiger partial charge in [0.2, 0.25) is 0 Å². The minimum absolute atomic E-state index is 0.389. The fourth-order valence-electron chi connectivity index (χ4n) is 1.83. The van der Waals surface area contributed by atoms with Crippen LogP contribution in [0.1, 0.15) is 24.5 Å². The summed E-state index contributed by atoms with van der Waals surface area (Å²) < 4.78 is 0. The molecule has 0 saturated carbocycles. The summed E-state index contributed by atoms with van der Waals surface area (Å²) in [6, 6.07) is 0. The van der Waals surface area contributed by atoms with Gasteiger partial charge in [-0.05, 0) is 31.7 Å². The topological polar surface area (TPSA) is 58.0 Å². The van der Waals surface area contributed by atoms with E-state index in [0.29, 0.717) is 11.7 Å². The molecule has 15 heavy (non-hydrogen) atoms. The zero-order valence-corrected chi connectivity index (χ0v) is 9.38. The van der Waals surface area contributed by atoms with Crippen LogP contribution >= 0.6 is 11.6 Å². The fraction of sp³-hybridized carbons (Fsp3) is 0.600. The van der Waals surface area contributed by atoms with E-state index < -0.39 is 0 Å². The van der Waals surface area contributed by atoms with Crippen molar-refractivity contribution in [3.63, 3.8) is 0 Å². The van der Waals surface area contributed by atoms with Crippen molar-refractivity contribution in [1.82, 2.24) is 10.2 Å². The lowest BCUT2D eigenvalue weighted by Gasteiger charge is -2.11. The highest BCUT2D eigenvalue weighted by atomic mass is 35.5. The smallest absolute Gasteiger partial charge is 0.155 e. The molecule has 1 atom stereocenters. The minimum atomic E-state index is -0.389. The summed E-state index contributed by atoms with van der Waals surface area (Å²) in [6.07, 6.45) is 2.69. The highest BCUT2D eigenvalue weighted by molar-refractivity contribution is 6.30. The van der Waals surface area contributed by atoms with E-state index in [1.165, 1.54) is 0 Å². The number of aliphatic hydroxyl groups is 1. The molecule has 2 N–H and O–H groups in total. The molecule has 0 amide bonds. The first-order chi connectivity index (χ1) is 7.18. The average Bonchev–Trinajstić information content (AvgIpc) is 2.66. The van der Waals surface area contributed by atoms with Crippen LogP contribution in [0, 0.1) is 0 Å². The molecule has 0 aliphatic heterocycles. The van der Waals surface area contributed by atoms with E-state index >= 15 is 0 Å². The molecule has 1 heterocycles. The summed E-state index contributed by atoms with van der Waals surface area (Å²) in [5.74, 6) is 0.771. The maximum absolute atomic E-state index is 9.18. The zero-order valence-electron chi connectivity index (χ0n) is 8.63. The van der Waals surface area contributed by atoms with Crippen molar-refractivity contribution < 1.29 is 5.11 Å². The summed E-state index contributed by atoms with van der Waals surface area (Å²) in [5.41, 5.74) is 2.27. The van der Waals surface area contributed by atoms with Gasteiger partial charge >= 0.3 is 0 Å². The summed E-state index contributed by atoms with van der Waals surface area (Å²) in [4.78, 5) is 0. The molecule has 2 rings (SSSR count). The van der Waals surface area contributed by atoms with Crippen molar-refractivity contribution in [3.8, 4) is 0 Å². The van der Waals surface area contributed by atoms with E-state index in [1.807, 2.05) is 0 Å². The number of fused-ring (bicyclic) bond motifs is 1. The van der Waals surface area contributed by atoms with Crippen LogP contribution in [0.2, 0.25) is 5.15 Å². The van der Waals surface area contributed by atoms with Crippen LogP contribution in [0.15, 0.2) is 0 Å². The Morgan fingerprint density at radius 1 is 1.40 bits per heavy atom. The normalized spacial score (nSPS) is 16.2. The molecule has 1 aliphatic carbocycles. The number of nitrogens with zero attached hydrogens (tertiary/aromatic N) is 2. The molecule has 1 aromatic heterocycles. The molecule has 5 heteroatoms. The number of halogens is 1. The lowest BCUT2D eigenvalue weighted by Crippen LogP contribution is -2.17. The summed E-state index contributed by atoms with van der Waals surface area (Å²) >= 11 is 5.95. The van der Waals surface area contributed by atoms with Crippen molar-refractivity contribution in [1.29, 1.82) is 0 Å². The van der Waals surface area contributed by atoms with E-state index in [-0.39, 0.29) is 6.10 Å². The maximum Gasteiger partial charge on any atom is 0.155 e. The molecule has 0 bridgehead atoms. The Kier molecular flexibility index (Phi) is 3.07. The molecule has 4 nitrogen and oxygen atoms in total. The third kappa shape index (κ3) is 2.21. The van der Waals surface area contributed by atoms with E-state index in [0.717, 1.165) is 36.2 Å². The molecule has 0 aromatic carbocycles. The van der Waals surface area contributed by atoms with Crippen molar-refractivity contribution in [3.05, 3.63) is 16.3 Å². The number of hydrogen-bond donors (Lipinski definition) is 2. The molecule has 0 saturated heterocycles. The lowest BCUT2D eigenvalue weighted by atomic mass is 10.2. The third-order valence-electron chi connectivity index (χ3n) is 2.56. The monoisotopic (exact) mass is 227 g/mol. The molecular formula is C10H14ClN3O. The van der Waals surface area contributed by atoms with E-state index in [4.69, 9.17) is 11.6 Å². The predicted octanol–water partition coefficient (Wildman–Crippen LogP) is 1.41. The second-order valence-corrected chi connectivity index (χ2v) is 4.24. The van der Waals surface area contributed by atoms with Crippen molar-refractivity contribution >= 4 is 17.4 Å².